The number of amides is 1. The Bertz CT molecular complexity index is 1080. The van der Waals surface area contributed by atoms with E-state index < -0.39 is 0 Å². The standard InChI is InChI=1S/C23H22N4O/c1-17-15-22(18(2)27(17)21-7-4-3-5-8-21)23(28)25-20-11-9-19(10-12-20)16-26-14-6-13-24-26/h3-15H,16H2,1-2H3,(H,25,28). The number of para-hydroxylation sites is 1. The Morgan fingerprint density at radius 1 is 1.00 bits per heavy atom. The van der Waals surface area contributed by atoms with Crippen LogP contribution in [0.1, 0.15) is 27.3 Å². The van der Waals surface area contributed by atoms with E-state index >= 15 is 0 Å². The molecule has 0 aliphatic rings. The average molecular weight is 370 g/mol. The summed E-state index contributed by atoms with van der Waals surface area (Å²) in [6.07, 6.45) is 3.69. The largest absolute Gasteiger partial charge is 0.322 e. The second-order valence-electron chi connectivity index (χ2n) is 6.81. The Morgan fingerprint density at radius 3 is 2.43 bits per heavy atom. The Balaban J connectivity index is 1.51. The SMILES string of the molecule is Cc1cc(C(=O)Nc2ccc(Cn3cccn3)cc2)c(C)n1-c1ccccc1. The smallest absolute Gasteiger partial charge is 0.257 e. The van der Waals surface area contributed by atoms with Crippen LogP contribution in [0.5, 0.6) is 0 Å². The molecule has 0 spiro atoms. The summed E-state index contributed by atoms with van der Waals surface area (Å²) >= 11 is 0. The molecule has 28 heavy (non-hydrogen) atoms. The summed E-state index contributed by atoms with van der Waals surface area (Å²) in [4.78, 5) is 12.8. The first kappa shape index (κ1) is 17.8. The number of aryl methyl sites for hydroxylation is 1. The molecule has 5 nitrogen and oxygen atoms in total. The third kappa shape index (κ3) is 3.60. The van der Waals surface area contributed by atoms with Crippen molar-refractivity contribution in [3.8, 4) is 5.69 Å². The molecule has 1 amide bonds. The van der Waals surface area contributed by atoms with Crippen LogP contribution in [0.2, 0.25) is 0 Å². The van der Waals surface area contributed by atoms with Gasteiger partial charge in [-0.2, -0.15) is 5.10 Å². The molecule has 0 atom stereocenters. The van der Waals surface area contributed by atoms with Crippen LogP contribution >= 0.6 is 0 Å². The van der Waals surface area contributed by atoms with E-state index in [9.17, 15) is 4.79 Å². The van der Waals surface area contributed by atoms with Gasteiger partial charge < -0.3 is 9.88 Å². The van der Waals surface area contributed by atoms with Crippen molar-refractivity contribution in [2.45, 2.75) is 20.4 Å². The molecule has 0 unspecified atom stereocenters. The van der Waals surface area contributed by atoms with E-state index in [1.165, 1.54) is 0 Å². The lowest BCUT2D eigenvalue weighted by atomic mass is 10.2. The van der Waals surface area contributed by atoms with E-state index in [0.717, 1.165) is 28.3 Å². The number of carbonyl (C=O) groups excluding carboxylic acids is 1. The molecule has 0 saturated heterocycles. The zero-order chi connectivity index (χ0) is 19.5. The average Bonchev–Trinajstić information content (AvgIpc) is 3.31. The third-order valence-electron chi connectivity index (χ3n) is 4.81. The fourth-order valence-electron chi connectivity index (χ4n) is 3.44. The summed E-state index contributed by atoms with van der Waals surface area (Å²) in [7, 11) is 0. The Labute approximate surface area is 164 Å². The predicted octanol–water partition coefficient (Wildman–Crippen LogP) is 4.59. The number of nitrogens with zero attached hydrogens (tertiary/aromatic N) is 3. The maximum absolute atomic E-state index is 12.8. The lowest BCUT2D eigenvalue weighted by Gasteiger charge is -2.10. The van der Waals surface area contributed by atoms with Crippen LogP contribution < -0.4 is 5.32 Å². The van der Waals surface area contributed by atoms with Gasteiger partial charge in [-0.15, -0.1) is 0 Å². The molecule has 2 aromatic heterocycles. The minimum Gasteiger partial charge on any atom is -0.322 e. The Morgan fingerprint density at radius 2 is 1.75 bits per heavy atom. The highest BCUT2D eigenvalue weighted by Crippen LogP contribution is 2.22. The number of anilines is 1. The number of nitrogens with one attached hydrogen (secondary N) is 1. The van der Waals surface area contributed by atoms with Gasteiger partial charge in [0.15, 0.2) is 0 Å². The van der Waals surface area contributed by atoms with Crippen LogP contribution in [0, 0.1) is 13.8 Å². The van der Waals surface area contributed by atoms with Crippen LogP contribution in [0.25, 0.3) is 5.69 Å². The number of aromatic nitrogens is 3. The van der Waals surface area contributed by atoms with E-state index in [2.05, 4.69) is 15.0 Å². The lowest BCUT2D eigenvalue weighted by molar-refractivity contribution is 0.102. The molecule has 1 N–H and O–H groups in total. The zero-order valence-electron chi connectivity index (χ0n) is 16.0. The van der Waals surface area contributed by atoms with Gasteiger partial charge >= 0.3 is 0 Å². The van der Waals surface area contributed by atoms with E-state index in [4.69, 9.17) is 0 Å². The maximum Gasteiger partial charge on any atom is 0.257 e. The van der Waals surface area contributed by atoms with Gasteiger partial charge in [0.1, 0.15) is 0 Å². The number of hydrogen-bond acceptors (Lipinski definition) is 2. The Hall–Kier alpha value is -3.60. The van der Waals surface area contributed by atoms with Crippen molar-refractivity contribution < 1.29 is 4.79 Å². The van der Waals surface area contributed by atoms with Crippen molar-refractivity contribution in [2.75, 3.05) is 5.32 Å². The minimum atomic E-state index is -0.102. The molecule has 0 aliphatic heterocycles. The lowest BCUT2D eigenvalue weighted by Crippen LogP contribution is -2.13. The van der Waals surface area contributed by atoms with Gasteiger partial charge in [-0.3, -0.25) is 9.48 Å². The van der Waals surface area contributed by atoms with E-state index in [-0.39, 0.29) is 5.91 Å². The summed E-state index contributed by atoms with van der Waals surface area (Å²) in [5.41, 5.74) is 5.60. The van der Waals surface area contributed by atoms with Crippen molar-refractivity contribution in [1.82, 2.24) is 14.3 Å². The summed E-state index contributed by atoms with van der Waals surface area (Å²) in [5.74, 6) is -0.102. The van der Waals surface area contributed by atoms with Crippen LogP contribution in [0.15, 0.2) is 79.1 Å². The first-order valence-electron chi connectivity index (χ1n) is 9.24. The molecule has 2 heterocycles. The molecule has 2 aromatic carbocycles. The van der Waals surface area contributed by atoms with Crippen molar-refractivity contribution in [3.05, 3.63) is 102 Å². The molecule has 140 valence electrons. The summed E-state index contributed by atoms with van der Waals surface area (Å²) in [5, 5.41) is 7.21. The first-order chi connectivity index (χ1) is 13.6. The monoisotopic (exact) mass is 370 g/mol. The molecule has 4 aromatic rings. The van der Waals surface area contributed by atoms with Gasteiger partial charge in [-0.1, -0.05) is 30.3 Å². The van der Waals surface area contributed by atoms with Gasteiger partial charge in [0.05, 0.1) is 12.1 Å². The number of benzene rings is 2. The molecular formula is C23H22N4O. The molecule has 5 heteroatoms. The summed E-state index contributed by atoms with van der Waals surface area (Å²) in [6, 6.07) is 21.8. The second kappa shape index (κ2) is 7.56. The summed E-state index contributed by atoms with van der Waals surface area (Å²) in [6.45, 7) is 4.70. The number of carbonyl (C=O) groups is 1. The van der Waals surface area contributed by atoms with E-state index in [1.54, 1.807) is 6.20 Å². The molecule has 0 fully saturated rings. The molecule has 4 rings (SSSR count). The fraction of sp³-hybridized carbons (Fsp3) is 0.130. The van der Waals surface area contributed by atoms with Crippen LogP contribution in [0.3, 0.4) is 0 Å². The van der Waals surface area contributed by atoms with Crippen molar-refractivity contribution in [3.63, 3.8) is 0 Å². The van der Waals surface area contributed by atoms with Crippen LogP contribution in [-0.4, -0.2) is 20.3 Å². The third-order valence-corrected chi connectivity index (χ3v) is 4.81. The normalized spacial score (nSPS) is 10.8. The van der Waals surface area contributed by atoms with Crippen LogP contribution in [-0.2, 0) is 6.54 Å². The van der Waals surface area contributed by atoms with Gasteiger partial charge in [-0.05, 0) is 55.8 Å². The summed E-state index contributed by atoms with van der Waals surface area (Å²) < 4.78 is 3.97. The van der Waals surface area contributed by atoms with E-state index in [1.807, 2.05) is 91.5 Å². The highest BCUT2D eigenvalue weighted by atomic mass is 16.1. The first-order valence-corrected chi connectivity index (χ1v) is 9.24. The molecule has 0 saturated carbocycles. The minimum absolute atomic E-state index is 0.102. The molecule has 0 bridgehead atoms. The zero-order valence-corrected chi connectivity index (χ0v) is 16.0. The fourth-order valence-corrected chi connectivity index (χ4v) is 3.44. The number of hydrogen-bond donors (Lipinski definition) is 1. The molecule has 0 radical (unpaired) electrons. The van der Waals surface area contributed by atoms with E-state index in [0.29, 0.717) is 12.1 Å². The Kier molecular flexibility index (Phi) is 4.81. The van der Waals surface area contributed by atoms with Gasteiger partial charge in [0, 0.05) is 35.2 Å². The van der Waals surface area contributed by atoms with Crippen molar-refractivity contribution in [2.24, 2.45) is 0 Å². The van der Waals surface area contributed by atoms with Crippen molar-refractivity contribution >= 4 is 11.6 Å². The van der Waals surface area contributed by atoms with Crippen molar-refractivity contribution in [1.29, 1.82) is 0 Å². The quantitative estimate of drug-likeness (QED) is 0.558. The van der Waals surface area contributed by atoms with Gasteiger partial charge in [0.2, 0.25) is 0 Å². The topological polar surface area (TPSA) is 51.9 Å². The number of rotatable bonds is 5. The second-order valence-corrected chi connectivity index (χ2v) is 6.81. The van der Waals surface area contributed by atoms with Gasteiger partial charge in [-0.25, -0.2) is 0 Å². The predicted molar refractivity (Wildman–Crippen MR) is 111 cm³/mol. The highest BCUT2D eigenvalue weighted by molar-refractivity contribution is 6.05. The molecular weight excluding hydrogens is 348 g/mol. The highest BCUT2D eigenvalue weighted by Gasteiger charge is 2.16. The van der Waals surface area contributed by atoms with Gasteiger partial charge in [0.25, 0.3) is 5.91 Å². The van der Waals surface area contributed by atoms with Crippen LogP contribution in [0.4, 0.5) is 5.69 Å². The molecule has 0 aliphatic carbocycles. The maximum atomic E-state index is 12.8.